The van der Waals surface area contributed by atoms with Gasteiger partial charge in [-0.05, 0) is 12.5 Å². The van der Waals surface area contributed by atoms with Gasteiger partial charge in [-0.3, -0.25) is 4.79 Å². The molecule has 0 radical (unpaired) electrons. The summed E-state index contributed by atoms with van der Waals surface area (Å²) < 4.78 is 28.8. The summed E-state index contributed by atoms with van der Waals surface area (Å²) >= 11 is 0. The standard InChI is InChI=1S/C11H15F2NO3/c1-3-8(11(16)17-2)14-6-7(4-9(12)13)5-10(14)15/h4,7-8H,3,5-6H2,1-2H3. The first-order valence-electron chi connectivity index (χ1n) is 5.39. The Morgan fingerprint density at radius 3 is 2.76 bits per heavy atom. The van der Waals surface area contributed by atoms with Crippen LogP contribution >= 0.6 is 0 Å². The topological polar surface area (TPSA) is 46.6 Å². The van der Waals surface area contributed by atoms with Gasteiger partial charge in [0.05, 0.1) is 7.11 Å². The number of carbonyl (C=O) groups is 2. The number of hydrogen-bond donors (Lipinski definition) is 0. The van der Waals surface area contributed by atoms with Crippen molar-refractivity contribution in [2.45, 2.75) is 25.8 Å². The number of amides is 1. The second-order valence-electron chi connectivity index (χ2n) is 3.91. The number of rotatable bonds is 4. The molecular weight excluding hydrogens is 232 g/mol. The van der Waals surface area contributed by atoms with Gasteiger partial charge >= 0.3 is 5.97 Å². The van der Waals surface area contributed by atoms with E-state index in [1.807, 2.05) is 0 Å². The van der Waals surface area contributed by atoms with Crippen LogP contribution < -0.4 is 0 Å². The summed E-state index contributed by atoms with van der Waals surface area (Å²) in [6.45, 7) is 1.89. The summed E-state index contributed by atoms with van der Waals surface area (Å²) in [7, 11) is 1.24. The monoisotopic (exact) mass is 247 g/mol. The molecule has 1 rings (SSSR count). The molecule has 96 valence electrons. The van der Waals surface area contributed by atoms with Gasteiger partial charge in [0.15, 0.2) is 0 Å². The minimum atomic E-state index is -1.80. The van der Waals surface area contributed by atoms with Crippen molar-refractivity contribution >= 4 is 11.9 Å². The lowest BCUT2D eigenvalue weighted by molar-refractivity contribution is -0.151. The lowest BCUT2D eigenvalue weighted by Crippen LogP contribution is -2.42. The van der Waals surface area contributed by atoms with Crippen molar-refractivity contribution < 1.29 is 23.1 Å². The van der Waals surface area contributed by atoms with Gasteiger partial charge in [-0.1, -0.05) is 6.92 Å². The average molecular weight is 247 g/mol. The molecule has 2 unspecified atom stereocenters. The summed E-state index contributed by atoms with van der Waals surface area (Å²) in [5.74, 6) is -1.32. The highest BCUT2D eigenvalue weighted by atomic mass is 19.3. The molecule has 0 aromatic carbocycles. The minimum absolute atomic E-state index is 0.0187. The molecule has 6 heteroatoms. The molecule has 1 aliphatic heterocycles. The number of nitrogens with zero attached hydrogens (tertiary/aromatic N) is 1. The molecule has 1 aliphatic rings. The number of methoxy groups -OCH3 is 1. The van der Waals surface area contributed by atoms with Crippen LogP contribution in [0.2, 0.25) is 0 Å². The maximum absolute atomic E-state index is 12.1. The Balaban J connectivity index is 2.75. The lowest BCUT2D eigenvalue weighted by Gasteiger charge is -2.24. The molecule has 1 amide bonds. The van der Waals surface area contributed by atoms with E-state index >= 15 is 0 Å². The fraction of sp³-hybridized carbons (Fsp3) is 0.636. The highest BCUT2D eigenvalue weighted by Crippen LogP contribution is 2.24. The molecule has 0 N–H and O–H groups in total. The van der Waals surface area contributed by atoms with Crippen LogP contribution in [0.15, 0.2) is 12.2 Å². The van der Waals surface area contributed by atoms with Crippen LogP contribution in [-0.4, -0.2) is 36.5 Å². The lowest BCUT2D eigenvalue weighted by atomic mass is 10.1. The first-order valence-corrected chi connectivity index (χ1v) is 5.39. The number of ether oxygens (including phenoxy) is 1. The first kappa shape index (κ1) is 13.6. The third kappa shape index (κ3) is 3.25. The van der Waals surface area contributed by atoms with E-state index < -0.39 is 24.0 Å². The fourth-order valence-corrected chi connectivity index (χ4v) is 2.00. The van der Waals surface area contributed by atoms with Gasteiger partial charge < -0.3 is 9.64 Å². The van der Waals surface area contributed by atoms with E-state index in [0.29, 0.717) is 6.42 Å². The van der Waals surface area contributed by atoms with Crippen molar-refractivity contribution in [3.63, 3.8) is 0 Å². The smallest absolute Gasteiger partial charge is 0.328 e. The molecule has 0 bridgehead atoms. The molecule has 2 atom stereocenters. The molecule has 17 heavy (non-hydrogen) atoms. The van der Waals surface area contributed by atoms with E-state index in [1.165, 1.54) is 12.0 Å². The summed E-state index contributed by atoms with van der Waals surface area (Å²) in [6, 6.07) is -0.673. The van der Waals surface area contributed by atoms with Crippen LogP contribution in [0, 0.1) is 5.92 Å². The van der Waals surface area contributed by atoms with Crippen LogP contribution in [0.5, 0.6) is 0 Å². The van der Waals surface area contributed by atoms with Crippen molar-refractivity contribution in [1.82, 2.24) is 4.90 Å². The highest BCUT2D eigenvalue weighted by molar-refractivity contribution is 5.86. The molecule has 1 saturated heterocycles. The zero-order valence-corrected chi connectivity index (χ0v) is 9.78. The Morgan fingerprint density at radius 2 is 2.29 bits per heavy atom. The van der Waals surface area contributed by atoms with Gasteiger partial charge in [-0.25, -0.2) is 4.79 Å². The minimum Gasteiger partial charge on any atom is -0.467 e. The molecule has 0 spiro atoms. The van der Waals surface area contributed by atoms with Crippen LogP contribution in [-0.2, 0) is 14.3 Å². The Hall–Kier alpha value is -1.46. The predicted octanol–water partition coefficient (Wildman–Crippen LogP) is 1.57. The molecule has 4 nitrogen and oxygen atoms in total. The summed E-state index contributed by atoms with van der Waals surface area (Å²) in [4.78, 5) is 24.4. The highest BCUT2D eigenvalue weighted by Gasteiger charge is 2.36. The average Bonchev–Trinajstić information content (AvgIpc) is 2.59. The molecule has 0 aromatic rings. The normalized spacial score (nSPS) is 21.3. The first-order chi connectivity index (χ1) is 7.99. The van der Waals surface area contributed by atoms with Gasteiger partial charge in [0.2, 0.25) is 5.91 Å². The molecule has 0 saturated carbocycles. The molecule has 0 aromatic heterocycles. The van der Waals surface area contributed by atoms with E-state index in [2.05, 4.69) is 4.74 Å². The van der Waals surface area contributed by atoms with Crippen LogP contribution in [0.4, 0.5) is 8.78 Å². The van der Waals surface area contributed by atoms with Gasteiger partial charge in [0.1, 0.15) is 6.04 Å². The summed E-state index contributed by atoms with van der Waals surface area (Å²) in [5, 5.41) is 0. The third-order valence-corrected chi connectivity index (χ3v) is 2.79. The van der Waals surface area contributed by atoms with E-state index in [1.54, 1.807) is 6.92 Å². The number of halogens is 2. The van der Waals surface area contributed by atoms with Crippen molar-refractivity contribution in [2.24, 2.45) is 5.92 Å². The number of likely N-dealkylation sites (tertiary alicyclic amines) is 1. The Kier molecular flexibility index (Phi) is 4.60. The maximum atomic E-state index is 12.1. The quantitative estimate of drug-likeness (QED) is 0.708. The van der Waals surface area contributed by atoms with Gasteiger partial charge in [-0.15, -0.1) is 0 Å². The van der Waals surface area contributed by atoms with E-state index in [0.717, 1.165) is 6.08 Å². The molecule has 0 aliphatic carbocycles. The Labute approximate surface area is 98.2 Å². The zero-order valence-electron chi connectivity index (χ0n) is 9.78. The van der Waals surface area contributed by atoms with E-state index in [-0.39, 0.29) is 18.9 Å². The van der Waals surface area contributed by atoms with Gasteiger partial charge in [-0.2, -0.15) is 8.78 Å². The maximum Gasteiger partial charge on any atom is 0.328 e. The zero-order chi connectivity index (χ0) is 13.0. The fourth-order valence-electron chi connectivity index (χ4n) is 2.00. The largest absolute Gasteiger partial charge is 0.467 e. The second-order valence-corrected chi connectivity index (χ2v) is 3.91. The SMILES string of the molecule is CCC(C(=O)OC)N1CC(C=C(F)F)CC1=O. The van der Waals surface area contributed by atoms with Crippen molar-refractivity contribution in [3.05, 3.63) is 12.2 Å². The van der Waals surface area contributed by atoms with Crippen molar-refractivity contribution in [3.8, 4) is 0 Å². The molecule has 1 fully saturated rings. The van der Waals surface area contributed by atoms with Crippen LogP contribution in [0.25, 0.3) is 0 Å². The summed E-state index contributed by atoms with van der Waals surface area (Å²) in [6.07, 6.45) is -0.601. The third-order valence-electron chi connectivity index (χ3n) is 2.79. The number of esters is 1. The second kappa shape index (κ2) is 5.75. The summed E-state index contributed by atoms with van der Waals surface area (Å²) in [5.41, 5.74) is 0. The van der Waals surface area contributed by atoms with Gasteiger partial charge in [0, 0.05) is 18.9 Å². The van der Waals surface area contributed by atoms with Gasteiger partial charge in [0.25, 0.3) is 6.08 Å². The Bertz CT molecular complexity index is 340. The molecule has 1 heterocycles. The van der Waals surface area contributed by atoms with Crippen molar-refractivity contribution in [2.75, 3.05) is 13.7 Å². The number of carbonyl (C=O) groups excluding carboxylic acids is 2. The number of hydrogen-bond acceptors (Lipinski definition) is 3. The van der Waals surface area contributed by atoms with Crippen LogP contribution in [0.3, 0.4) is 0 Å². The predicted molar refractivity (Wildman–Crippen MR) is 56.2 cm³/mol. The Morgan fingerprint density at radius 1 is 1.65 bits per heavy atom. The van der Waals surface area contributed by atoms with Crippen molar-refractivity contribution in [1.29, 1.82) is 0 Å². The van der Waals surface area contributed by atoms with E-state index in [4.69, 9.17) is 0 Å². The van der Waals surface area contributed by atoms with Crippen LogP contribution in [0.1, 0.15) is 19.8 Å². The molecular formula is C11H15F2NO3. The van der Waals surface area contributed by atoms with E-state index in [9.17, 15) is 18.4 Å².